The van der Waals surface area contributed by atoms with Crippen molar-refractivity contribution in [1.29, 1.82) is 5.26 Å². The predicted octanol–water partition coefficient (Wildman–Crippen LogP) is 2.96. The number of ether oxygens (including phenoxy) is 1. The molecule has 20 heavy (non-hydrogen) atoms. The summed E-state index contributed by atoms with van der Waals surface area (Å²) in [5.41, 5.74) is 8.16. The first kappa shape index (κ1) is 12.8. The van der Waals surface area contributed by atoms with Crippen molar-refractivity contribution in [2.24, 2.45) is 11.7 Å². The number of hydrogen-bond donors (Lipinski definition) is 2. The van der Waals surface area contributed by atoms with Gasteiger partial charge in [-0.25, -0.2) is 0 Å². The molecule has 0 fully saturated rings. The number of aromatic nitrogens is 2. The second-order valence-electron chi connectivity index (χ2n) is 5.01. The second kappa shape index (κ2) is 4.69. The van der Waals surface area contributed by atoms with Gasteiger partial charge in [-0.3, -0.25) is 5.10 Å². The molecule has 3 rings (SSSR count). The topological polar surface area (TPSA) is 87.7 Å². The molecule has 102 valence electrons. The number of rotatable bonds is 2. The van der Waals surface area contributed by atoms with Crippen LogP contribution in [0.5, 0.6) is 5.88 Å². The number of nitrogens with one attached hydrogen (secondary N) is 1. The lowest BCUT2D eigenvalue weighted by atomic mass is 9.81. The summed E-state index contributed by atoms with van der Waals surface area (Å²) in [5, 5.41) is 18.6. The summed E-state index contributed by atoms with van der Waals surface area (Å²) < 4.78 is 5.49. The fraction of sp³-hybridized carbons (Fsp3) is 0.286. The van der Waals surface area contributed by atoms with E-state index in [-0.39, 0.29) is 17.7 Å². The van der Waals surface area contributed by atoms with E-state index in [9.17, 15) is 5.26 Å². The molecule has 5 nitrogen and oxygen atoms in total. The third-order valence-electron chi connectivity index (χ3n) is 3.42. The first-order valence-corrected chi connectivity index (χ1v) is 7.21. The van der Waals surface area contributed by atoms with Crippen molar-refractivity contribution in [2.45, 2.75) is 19.8 Å². The van der Waals surface area contributed by atoms with E-state index in [4.69, 9.17) is 10.5 Å². The van der Waals surface area contributed by atoms with E-state index in [0.717, 1.165) is 16.1 Å². The zero-order chi connectivity index (χ0) is 14.3. The number of nitriles is 1. The number of nitrogens with zero attached hydrogens (tertiary/aromatic N) is 2. The molecule has 1 aliphatic rings. The minimum absolute atomic E-state index is 0.0976. The molecule has 0 bridgehead atoms. The van der Waals surface area contributed by atoms with Gasteiger partial charge in [0.15, 0.2) is 0 Å². The maximum Gasteiger partial charge on any atom is 0.244 e. The highest BCUT2D eigenvalue weighted by molar-refractivity contribution is 7.13. The molecule has 3 N–H and O–H groups in total. The number of H-pyrrole nitrogens is 1. The maximum absolute atomic E-state index is 9.37. The third kappa shape index (κ3) is 1.79. The Morgan fingerprint density at radius 3 is 2.95 bits per heavy atom. The lowest BCUT2D eigenvalue weighted by molar-refractivity contribution is 0.360. The van der Waals surface area contributed by atoms with Crippen LogP contribution in [0.25, 0.3) is 10.6 Å². The highest BCUT2D eigenvalue weighted by atomic mass is 32.1. The zero-order valence-electron chi connectivity index (χ0n) is 11.2. The van der Waals surface area contributed by atoms with Crippen LogP contribution in [0.2, 0.25) is 0 Å². The quantitative estimate of drug-likeness (QED) is 0.888. The summed E-state index contributed by atoms with van der Waals surface area (Å²) >= 11 is 1.62. The Hall–Kier alpha value is -2.26. The van der Waals surface area contributed by atoms with E-state index < -0.39 is 0 Å². The molecule has 0 radical (unpaired) electrons. The van der Waals surface area contributed by atoms with Crippen LogP contribution < -0.4 is 10.5 Å². The first-order valence-electron chi connectivity index (χ1n) is 6.33. The molecule has 0 amide bonds. The summed E-state index contributed by atoms with van der Waals surface area (Å²) in [5.74, 6) is 0.758. The Labute approximate surface area is 120 Å². The van der Waals surface area contributed by atoms with Crippen LogP contribution in [-0.4, -0.2) is 10.2 Å². The molecule has 0 aliphatic carbocycles. The van der Waals surface area contributed by atoms with E-state index in [1.165, 1.54) is 0 Å². The molecule has 1 atom stereocenters. The number of hydrogen-bond acceptors (Lipinski definition) is 5. The van der Waals surface area contributed by atoms with Crippen molar-refractivity contribution in [3.63, 3.8) is 0 Å². The summed E-state index contributed by atoms with van der Waals surface area (Å²) in [6.45, 7) is 4.13. The Balaban J connectivity index is 2.20. The summed E-state index contributed by atoms with van der Waals surface area (Å²) in [7, 11) is 0. The van der Waals surface area contributed by atoms with E-state index in [1.807, 2.05) is 17.5 Å². The van der Waals surface area contributed by atoms with Gasteiger partial charge in [-0.1, -0.05) is 19.9 Å². The average molecular weight is 286 g/mol. The number of nitrogens with two attached hydrogens (primary N) is 1. The van der Waals surface area contributed by atoms with Crippen LogP contribution in [0, 0.1) is 17.2 Å². The van der Waals surface area contributed by atoms with Gasteiger partial charge in [0.05, 0.1) is 21.7 Å². The summed E-state index contributed by atoms with van der Waals surface area (Å²) in [6, 6.07) is 6.18. The van der Waals surface area contributed by atoms with Gasteiger partial charge in [0.1, 0.15) is 6.07 Å². The van der Waals surface area contributed by atoms with Crippen LogP contribution in [0.4, 0.5) is 0 Å². The third-order valence-corrected chi connectivity index (χ3v) is 4.31. The first-order chi connectivity index (χ1) is 9.63. The van der Waals surface area contributed by atoms with Crippen LogP contribution in [-0.2, 0) is 0 Å². The van der Waals surface area contributed by atoms with Gasteiger partial charge < -0.3 is 10.5 Å². The van der Waals surface area contributed by atoms with E-state index >= 15 is 0 Å². The minimum atomic E-state index is -0.0976. The molecule has 0 aromatic carbocycles. The van der Waals surface area contributed by atoms with E-state index in [0.29, 0.717) is 11.5 Å². The van der Waals surface area contributed by atoms with Gasteiger partial charge in [-0.2, -0.15) is 5.26 Å². The fourth-order valence-corrected chi connectivity index (χ4v) is 3.29. The Morgan fingerprint density at radius 2 is 2.35 bits per heavy atom. The van der Waals surface area contributed by atoms with Crippen molar-refractivity contribution in [3.05, 3.63) is 34.5 Å². The van der Waals surface area contributed by atoms with Gasteiger partial charge >= 0.3 is 0 Å². The lowest BCUT2D eigenvalue weighted by Crippen LogP contribution is -2.23. The molecule has 3 heterocycles. The van der Waals surface area contributed by atoms with E-state index in [1.54, 1.807) is 11.3 Å². The highest BCUT2D eigenvalue weighted by Gasteiger charge is 2.36. The Bertz CT molecular complexity index is 706. The smallest absolute Gasteiger partial charge is 0.244 e. The normalized spacial score (nSPS) is 17.8. The Morgan fingerprint density at radius 1 is 1.55 bits per heavy atom. The number of thiophene rings is 1. The summed E-state index contributed by atoms with van der Waals surface area (Å²) in [6.07, 6.45) is 0. The highest BCUT2D eigenvalue weighted by Crippen LogP contribution is 2.46. The molecule has 1 aliphatic heterocycles. The monoisotopic (exact) mass is 286 g/mol. The molecule has 2 aromatic rings. The average Bonchev–Trinajstić information content (AvgIpc) is 3.04. The van der Waals surface area contributed by atoms with Crippen molar-refractivity contribution in [2.75, 3.05) is 0 Å². The Kier molecular flexibility index (Phi) is 2.99. The van der Waals surface area contributed by atoms with Crippen molar-refractivity contribution < 1.29 is 4.74 Å². The minimum Gasteiger partial charge on any atom is -0.420 e. The molecule has 0 saturated heterocycles. The number of aromatic amines is 1. The van der Waals surface area contributed by atoms with Crippen LogP contribution in [0.3, 0.4) is 0 Å². The summed E-state index contributed by atoms with van der Waals surface area (Å²) in [4.78, 5) is 1.07. The molecule has 2 aromatic heterocycles. The fourth-order valence-electron chi connectivity index (χ4n) is 2.56. The number of allylic oxidation sites excluding steroid dienone is 1. The maximum atomic E-state index is 9.37. The van der Waals surface area contributed by atoms with Gasteiger partial charge in [-0.05, 0) is 17.4 Å². The molecule has 0 spiro atoms. The second-order valence-corrected chi connectivity index (χ2v) is 5.96. The van der Waals surface area contributed by atoms with Crippen LogP contribution >= 0.6 is 11.3 Å². The van der Waals surface area contributed by atoms with Crippen LogP contribution in [0.1, 0.15) is 25.3 Å². The standard InChI is InChI=1S/C14H14N4OS/c1-7(2)10-8(6-15)13(16)19-14-11(10)12(17-18-14)9-4-3-5-20-9/h3-5,7,10H,16H2,1-2H3,(H,17,18)/t10-/m0/s1. The van der Waals surface area contributed by atoms with E-state index in [2.05, 4.69) is 30.1 Å². The van der Waals surface area contributed by atoms with Gasteiger partial charge in [0.2, 0.25) is 11.8 Å². The molecular weight excluding hydrogens is 272 g/mol. The molecular formula is C14H14N4OS. The largest absolute Gasteiger partial charge is 0.420 e. The SMILES string of the molecule is CC(C)[C@H]1C(C#N)=C(N)Oc2n[nH]c(-c3cccs3)c21. The number of fused-ring (bicyclic) bond motifs is 1. The van der Waals surface area contributed by atoms with Gasteiger partial charge in [0.25, 0.3) is 0 Å². The van der Waals surface area contributed by atoms with Gasteiger partial charge in [-0.15, -0.1) is 16.4 Å². The molecule has 6 heteroatoms. The van der Waals surface area contributed by atoms with Crippen molar-refractivity contribution in [3.8, 4) is 22.5 Å². The van der Waals surface area contributed by atoms with Crippen molar-refractivity contribution in [1.82, 2.24) is 10.2 Å². The predicted molar refractivity (Wildman–Crippen MR) is 76.9 cm³/mol. The molecule has 0 unspecified atom stereocenters. The van der Waals surface area contributed by atoms with Crippen molar-refractivity contribution >= 4 is 11.3 Å². The van der Waals surface area contributed by atoms with Gasteiger partial charge in [0, 0.05) is 5.92 Å². The lowest BCUT2D eigenvalue weighted by Gasteiger charge is -2.26. The van der Waals surface area contributed by atoms with Crippen LogP contribution in [0.15, 0.2) is 29.0 Å². The zero-order valence-corrected chi connectivity index (χ0v) is 12.0. The molecule has 0 saturated carbocycles.